The van der Waals surface area contributed by atoms with Crippen molar-refractivity contribution in [2.45, 2.75) is 57.8 Å². The van der Waals surface area contributed by atoms with Crippen LogP contribution in [0.1, 0.15) is 67.6 Å². The zero-order valence-corrected chi connectivity index (χ0v) is 19.1. The second kappa shape index (κ2) is 9.31. The Morgan fingerprint density at radius 1 is 1.37 bits per heavy atom. The molecular formula is C24H33N3O2S. The lowest BCUT2D eigenvalue weighted by Gasteiger charge is -2.34. The minimum Gasteiger partial charge on any atom is -0.587 e. The fourth-order valence-corrected chi connectivity index (χ4v) is 5.32. The van der Waals surface area contributed by atoms with Crippen molar-refractivity contribution in [1.82, 2.24) is 9.29 Å². The third-order valence-corrected chi connectivity index (χ3v) is 7.52. The van der Waals surface area contributed by atoms with E-state index in [4.69, 9.17) is 5.73 Å². The molecule has 30 heavy (non-hydrogen) atoms. The quantitative estimate of drug-likeness (QED) is 0.485. The highest BCUT2D eigenvalue weighted by atomic mass is 32.2. The van der Waals surface area contributed by atoms with Crippen molar-refractivity contribution in [3.05, 3.63) is 53.9 Å². The number of hydrogen-bond donors (Lipinski definition) is 2. The molecule has 0 bridgehead atoms. The Morgan fingerprint density at radius 3 is 2.70 bits per heavy atom. The number of nitrogens with zero attached hydrogens (tertiary/aromatic N) is 1. The lowest BCUT2D eigenvalue weighted by molar-refractivity contribution is 0.0947. The third-order valence-electron chi connectivity index (χ3n) is 6.10. The lowest BCUT2D eigenvalue weighted by atomic mass is 9.72. The summed E-state index contributed by atoms with van der Waals surface area (Å²) in [5.74, 6) is 0.552. The highest BCUT2D eigenvalue weighted by molar-refractivity contribution is 7.90. The van der Waals surface area contributed by atoms with Gasteiger partial charge < -0.3 is 15.6 Å². The molecule has 1 atom stereocenters. The number of carbonyl (C=O) groups is 1. The SMILES string of the molecule is C=Cc1cc(C)cn1[S+]([O-])c1ccc(C(=O)NCCC2CCC(C)(C)CC2)cc1N. The molecule has 0 saturated heterocycles. The van der Waals surface area contributed by atoms with Gasteiger partial charge in [0.15, 0.2) is 0 Å². The molecule has 3 rings (SSSR count). The third kappa shape index (κ3) is 5.29. The van der Waals surface area contributed by atoms with Gasteiger partial charge in [0, 0.05) is 12.1 Å². The molecule has 5 nitrogen and oxygen atoms in total. The molecule has 1 aromatic heterocycles. The van der Waals surface area contributed by atoms with Crippen LogP contribution in [0.4, 0.5) is 5.69 Å². The Bertz CT molecular complexity index is 909. The predicted octanol–water partition coefficient (Wildman–Crippen LogP) is 4.93. The van der Waals surface area contributed by atoms with Crippen molar-refractivity contribution < 1.29 is 9.35 Å². The van der Waals surface area contributed by atoms with E-state index in [0.717, 1.165) is 17.7 Å². The second-order valence-corrected chi connectivity index (χ2v) is 10.5. The van der Waals surface area contributed by atoms with Crippen LogP contribution < -0.4 is 11.1 Å². The first-order chi connectivity index (χ1) is 14.2. The van der Waals surface area contributed by atoms with Crippen molar-refractivity contribution >= 4 is 29.0 Å². The van der Waals surface area contributed by atoms with E-state index < -0.39 is 11.4 Å². The van der Waals surface area contributed by atoms with Gasteiger partial charge in [-0.2, -0.15) is 3.97 Å². The number of amides is 1. The maximum atomic E-state index is 13.0. The number of nitrogens with one attached hydrogen (secondary N) is 1. The van der Waals surface area contributed by atoms with Gasteiger partial charge in [-0.05, 0) is 86.3 Å². The molecule has 1 amide bonds. The summed E-state index contributed by atoms with van der Waals surface area (Å²) in [5.41, 5.74) is 9.21. The maximum absolute atomic E-state index is 13.0. The topological polar surface area (TPSA) is 83.1 Å². The number of aryl methyl sites for hydroxylation is 1. The van der Waals surface area contributed by atoms with Crippen molar-refractivity contribution in [2.75, 3.05) is 12.3 Å². The molecule has 3 N–H and O–H groups in total. The largest absolute Gasteiger partial charge is 0.587 e. The Balaban J connectivity index is 1.59. The number of nitrogens with two attached hydrogens (primary N) is 1. The molecule has 0 radical (unpaired) electrons. The molecule has 1 aromatic carbocycles. The number of benzene rings is 1. The summed E-state index contributed by atoms with van der Waals surface area (Å²) in [6, 6.07) is 6.88. The fourth-order valence-electron chi connectivity index (χ4n) is 4.08. The Kier molecular flexibility index (Phi) is 6.98. The first-order valence-electron chi connectivity index (χ1n) is 10.6. The predicted molar refractivity (Wildman–Crippen MR) is 125 cm³/mol. The summed E-state index contributed by atoms with van der Waals surface area (Å²) >= 11 is -1.50. The molecule has 162 valence electrons. The van der Waals surface area contributed by atoms with Crippen LogP contribution in [0.25, 0.3) is 6.08 Å². The molecule has 0 aliphatic heterocycles. The van der Waals surface area contributed by atoms with Gasteiger partial charge in [0.1, 0.15) is 11.4 Å². The Hall–Kier alpha value is -2.18. The van der Waals surface area contributed by atoms with Crippen molar-refractivity contribution in [3.8, 4) is 0 Å². The van der Waals surface area contributed by atoms with Gasteiger partial charge in [0.25, 0.3) is 5.91 Å². The normalized spacial score (nSPS) is 17.5. The Labute approximate surface area is 183 Å². The van der Waals surface area contributed by atoms with Crippen LogP contribution in [0.3, 0.4) is 0 Å². The van der Waals surface area contributed by atoms with Crippen molar-refractivity contribution in [1.29, 1.82) is 0 Å². The monoisotopic (exact) mass is 427 g/mol. The van der Waals surface area contributed by atoms with Crippen molar-refractivity contribution in [3.63, 3.8) is 0 Å². The molecule has 1 aliphatic rings. The molecule has 2 aromatic rings. The second-order valence-electron chi connectivity index (χ2n) is 9.13. The zero-order chi connectivity index (χ0) is 21.9. The first kappa shape index (κ1) is 22.5. The van der Waals surface area contributed by atoms with Crippen LogP contribution in [0.15, 0.2) is 41.9 Å². The van der Waals surface area contributed by atoms with Crippen LogP contribution >= 0.6 is 0 Å². The van der Waals surface area contributed by atoms with Crippen LogP contribution in [-0.4, -0.2) is 21.0 Å². The lowest BCUT2D eigenvalue weighted by Crippen LogP contribution is -2.28. The number of nitrogen functional groups attached to an aromatic ring is 1. The molecule has 1 heterocycles. The van der Waals surface area contributed by atoms with Gasteiger partial charge in [0.2, 0.25) is 4.90 Å². The summed E-state index contributed by atoms with van der Waals surface area (Å²) in [6.07, 6.45) is 9.47. The average Bonchev–Trinajstić information content (AvgIpc) is 3.09. The van der Waals surface area contributed by atoms with E-state index in [1.54, 1.807) is 34.4 Å². The number of aromatic nitrogens is 1. The maximum Gasteiger partial charge on any atom is 0.251 e. The van der Waals surface area contributed by atoms with E-state index in [0.29, 0.717) is 34.0 Å². The van der Waals surface area contributed by atoms with Crippen LogP contribution in [-0.2, 0) is 11.4 Å². The molecule has 0 spiro atoms. The molecule has 1 aliphatic carbocycles. The van der Waals surface area contributed by atoms with Crippen LogP contribution in [0.5, 0.6) is 0 Å². The number of rotatable bonds is 7. The fraction of sp³-hybridized carbons (Fsp3) is 0.458. The highest BCUT2D eigenvalue weighted by Crippen LogP contribution is 2.39. The smallest absolute Gasteiger partial charge is 0.251 e. The molecule has 1 saturated carbocycles. The average molecular weight is 428 g/mol. The molecular weight excluding hydrogens is 394 g/mol. The van der Waals surface area contributed by atoms with Crippen LogP contribution in [0.2, 0.25) is 0 Å². The van der Waals surface area contributed by atoms with E-state index in [2.05, 4.69) is 25.7 Å². The summed E-state index contributed by atoms with van der Waals surface area (Å²) in [6.45, 7) is 11.0. The van der Waals surface area contributed by atoms with Gasteiger partial charge in [-0.3, -0.25) is 4.79 Å². The standard InChI is InChI=1S/C24H33N3O2S/c1-5-20-14-17(2)16-27(20)30(29)22-7-6-19(15-21(22)25)23(28)26-13-10-18-8-11-24(3,4)12-9-18/h5-7,14-16,18H,1,8-13,25H2,2-4H3,(H,26,28). The first-order valence-corrected chi connectivity index (χ1v) is 11.7. The number of hydrogen-bond acceptors (Lipinski definition) is 3. The van der Waals surface area contributed by atoms with Crippen molar-refractivity contribution in [2.24, 2.45) is 11.3 Å². The molecule has 6 heteroatoms. The Morgan fingerprint density at radius 2 is 2.07 bits per heavy atom. The summed E-state index contributed by atoms with van der Waals surface area (Å²) < 4.78 is 14.6. The van der Waals surface area contributed by atoms with Crippen LogP contribution in [0, 0.1) is 18.3 Å². The summed E-state index contributed by atoms with van der Waals surface area (Å²) in [5, 5.41) is 3.01. The number of anilines is 1. The molecule has 1 unspecified atom stereocenters. The van der Waals surface area contributed by atoms with E-state index in [-0.39, 0.29) is 5.91 Å². The summed E-state index contributed by atoms with van der Waals surface area (Å²) in [4.78, 5) is 13.0. The minimum absolute atomic E-state index is 0.140. The highest BCUT2D eigenvalue weighted by Gasteiger charge is 2.26. The zero-order valence-electron chi connectivity index (χ0n) is 18.2. The van der Waals surface area contributed by atoms with E-state index in [9.17, 15) is 9.35 Å². The van der Waals surface area contributed by atoms with E-state index >= 15 is 0 Å². The van der Waals surface area contributed by atoms with E-state index in [1.807, 2.05) is 13.0 Å². The number of carbonyl (C=O) groups excluding carboxylic acids is 1. The van der Waals surface area contributed by atoms with E-state index in [1.165, 1.54) is 25.7 Å². The molecule has 1 fully saturated rings. The summed E-state index contributed by atoms with van der Waals surface area (Å²) in [7, 11) is 0. The van der Waals surface area contributed by atoms with Gasteiger partial charge in [-0.15, -0.1) is 0 Å². The van der Waals surface area contributed by atoms with Gasteiger partial charge >= 0.3 is 0 Å². The minimum atomic E-state index is -1.50. The van der Waals surface area contributed by atoms with Gasteiger partial charge in [-0.1, -0.05) is 20.4 Å². The van der Waals surface area contributed by atoms with Gasteiger partial charge in [0.05, 0.1) is 17.6 Å². The van der Waals surface area contributed by atoms with Gasteiger partial charge in [-0.25, -0.2) is 0 Å².